The lowest BCUT2D eigenvalue weighted by molar-refractivity contribution is 0.393. The fourth-order valence-electron chi connectivity index (χ4n) is 0.905. The maximum Gasteiger partial charge on any atom is 0.202 e. The molecule has 0 unspecified atom stereocenters. The van der Waals surface area contributed by atoms with Crippen LogP contribution in [0.1, 0.15) is 19.2 Å². The first-order chi connectivity index (χ1) is 6.22. The minimum atomic E-state index is 0.810. The Morgan fingerprint density at radius 2 is 2.23 bits per heavy atom. The van der Waals surface area contributed by atoms with Crippen LogP contribution in [-0.4, -0.2) is 34.9 Å². The molecule has 0 spiro atoms. The zero-order valence-corrected chi connectivity index (χ0v) is 9.19. The Kier molecular flexibility index (Phi) is 4.11. The minimum absolute atomic E-state index is 0.810. The van der Waals surface area contributed by atoms with Gasteiger partial charge in [0.05, 0.1) is 6.54 Å². The maximum absolute atomic E-state index is 4.34. The maximum atomic E-state index is 4.34. The van der Waals surface area contributed by atoms with Gasteiger partial charge in [0.1, 0.15) is 0 Å². The van der Waals surface area contributed by atoms with E-state index in [1.54, 1.807) is 0 Å². The van der Waals surface area contributed by atoms with Gasteiger partial charge in [0.25, 0.3) is 0 Å². The zero-order chi connectivity index (χ0) is 9.68. The average molecular weight is 200 g/mol. The van der Waals surface area contributed by atoms with Crippen molar-refractivity contribution in [2.24, 2.45) is 0 Å². The topological polar surface area (TPSA) is 41.1 Å². The predicted molar refractivity (Wildman–Crippen MR) is 56.1 cm³/mol. The molecule has 5 heteroatoms. The first-order valence-corrected chi connectivity index (χ1v) is 5.21. The molecule has 1 aromatic heterocycles. The first-order valence-electron chi connectivity index (χ1n) is 4.43. The normalized spacial score (nSPS) is 10.8. The van der Waals surface area contributed by atoms with Crippen molar-refractivity contribution in [1.82, 2.24) is 14.3 Å². The van der Waals surface area contributed by atoms with Gasteiger partial charge in [-0.3, -0.25) is 0 Å². The Bertz CT molecular complexity index is 246. The molecule has 0 amide bonds. The number of hydrogen-bond donors (Lipinski definition) is 1. The van der Waals surface area contributed by atoms with Crippen molar-refractivity contribution in [3.63, 3.8) is 0 Å². The molecule has 13 heavy (non-hydrogen) atoms. The van der Waals surface area contributed by atoms with Crippen LogP contribution in [-0.2, 0) is 6.54 Å². The van der Waals surface area contributed by atoms with Gasteiger partial charge >= 0.3 is 0 Å². The van der Waals surface area contributed by atoms with Gasteiger partial charge in [-0.2, -0.15) is 4.37 Å². The van der Waals surface area contributed by atoms with Gasteiger partial charge in [0, 0.05) is 18.1 Å². The van der Waals surface area contributed by atoms with Gasteiger partial charge < -0.3 is 10.2 Å². The highest BCUT2D eigenvalue weighted by Gasteiger charge is 2.03. The monoisotopic (exact) mass is 200 g/mol. The highest BCUT2D eigenvalue weighted by Crippen LogP contribution is 2.11. The van der Waals surface area contributed by atoms with Gasteiger partial charge in [0.15, 0.2) is 5.82 Å². The van der Waals surface area contributed by atoms with Gasteiger partial charge in [-0.05, 0) is 20.5 Å². The van der Waals surface area contributed by atoms with Gasteiger partial charge in [-0.1, -0.05) is 6.92 Å². The van der Waals surface area contributed by atoms with E-state index in [2.05, 4.69) is 26.5 Å². The summed E-state index contributed by atoms with van der Waals surface area (Å²) in [5.41, 5.74) is 0. The lowest BCUT2D eigenvalue weighted by atomic mass is 10.5. The first kappa shape index (κ1) is 10.4. The summed E-state index contributed by atoms with van der Waals surface area (Å²) in [6, 6.07) is 0. The molecule has 0 aliphatic carbocycles. The molecule has 0 saturated heterocycles. The quantitative estimate of drug-likeness (QED) is 0.780. The number of nitrogens with one attached hydrogen (secondary N) is 1. The fourth-order valence-corrected chi connectivity index (χ4v) is 1.51. The van der Waals surface area contributed by atoms with Gasteiger partial charge in [-0.25, -0.2) is 4.98 Å². The summed E-state index contributed by atoms with van der Waals surface area (Å²) in [7, 11) is 4.03. The zero-order valence-electron chi connectivity index (χ0n) is 8.37. The minimum Gasteiger partial charge on any atom is -0.360 e. The van der Waals surface area contributed by atoms with Crippen molar-refractivity contribution in [3.05, 3.63) is 5.82 Å². The molecule has 0 bridgehead atoms. The lowest BCUT2D eigenvalue weighted by Gasteiger charge is -2.04. The molecule has 4 nitrogen and oxygen atoms in total. The van der Waals surface area contributed by atoms with Crippen LogP contribution in [0, 0.1) is 0 Å². The predicted octanol–water partition coefficient (Wildman–Crippen LogP) is 1.42. The summed E-state index contributed by atoms with van der Waals surface area (Å²) < 4.78 is 4.24. The summed E-state index contributed by atoms with van der Waals surface area (Å²) in [6.45, 7) is 3.91. The molecular formula is C8H16N4S. The Hall–Kier alpha value is -0.680. The summed E-state index contributed by atoms with van der Waals surface area (Å²) >= 11 is 1.43. The molecule has 1 aromatic rings. The van der Waals surface area contributed by atoms with Crippen LogP contribution in [0.4, 0.5) is 5.13 Å². The highest BCUT2D eigenvalue weighted by molar-refractivity contribution is 7.09. The molecule has 1 heterocycles. The van der Waals surface area contributed by atoms with Crippen molar-refractivity contribution >= 4 is 16.7 Å². The number of anilines is 1. The third-order valence-corrected chi connectivity index (χ3v) is 2.16. The van der Waals surface area contributed by atoms with Crippen LogP contribution in [0.25, 0.3) is 0 Å². The van der Waals surface area contributed by atoms with Crippen LogP contribution in [0.3, 0.4) is 0 Å². The Balaban J connectivity index is 2.44. The Morgan fingerprint density at radius 1 is 1.46 bits per heavy atom. The number of rotatable bonds is 5. The van der Waals surface area contributed by atoms with Crippen molar-refractivity contribution in [2.45, 2.75) is 19.9 Å². The van der Waals surface area contributed by atoms with E-state index < -0.39 is 0 Å². The highest BCUT2D eigenvalue weighted by atomic mass is 32.1. The third-order valence-electron chi connectivity index (χ3n) is 1.45. The molecule has 74 valence electrons. The fraction of sp³-hybridized carbons (Fsp3) is 0.750. The average Bonchev–Trinajstić information content (AvgIpc) is 2.48. The van der Waals surface area contributed by atoms with Crippen LogP contribution >= 0.6 is 11.5 Å². The van der Waals surface area contributed by atoms with Crippen molar-refractivity contribution < 1.29 is 0 Å². The molecule has 0 saturated carbocycles. The standard InChI is InChI=1S/C8H16N4S/c1-4-5-9-8-10-7(11-13-8)6-12(2)3/h4-6H2,1-3H3,(H,9,10,11). The van der Waals surface area contributed by atoms with E-state index in [0.29, 0.717) is 0 Å². The molecule has 0 fully saturated rings. The smallest absolute Gasteiger partial charge is 0.202 e. The van der Waals surface area contributed by atoms with Crippen LogP contribution < -0.4 is 5.32 Å². The second kappa shape index (κ2) is 5.14. The summed E-state index contributed by atoms with van der Waals surface area (Å²) in [4.78, 5) is 6.40. The largest absolute Gasteiger partial charge is 0.360 e. The number of aromatic nitrogens is 2. The van der Waals surface area contributed by atoms with Crippen LogP contribution in [0.5, 0.6) is 0 Å². The Morgan fingerprint density at radius 3 is 2.85 bits per heavy atom. The van der Waals surface area contributed by atoms with E-state index in [1.165, 1.54) is 11.5 Å². The summed E-state index contributed by atoms with van der Waals surface area (Å²) in [6.07, 6.45) is 1.11. The van der Waals surface area contributed by atoms with E-state index in [9.17, 15) is 0 Å². The molecule has 1 rings (SSSR count). The second-order valence-electron chi connectivity index (χ2n) is 3.18. The lowest BCUT2D eigenvalue weighted by Crippen LogP contribution is -2.11. The number of hydrogen-bond acceptors (Lipinski definition) is 5. The molecule has 0 aliphatic heterocycles. The van der Waals surface area contributed by atoms with E-state index in [-0.39, 0.29) is 0 Å². The van der Waals surface area contributed by atoms with Gasteiger partial charge in [-0.15, -0.1) is 0 Å². The van der Waals surface area contributed by atoms with E-state index >= 15 is 0 Å². The van der Waals surface area contributed by atoms with Crippen molar-refractivity contribution in [2.75, 3.05) is 26.0 Å². The SMILES string of the molecule is CCCNc1nc(CN(C)C)ns1. The summed E-state index contributed by atoms with van der Waals surface area (Å²) in [5, 5.41) is 4.14. The molecular weight excluding hydrogens is 184 g/mol. The third kappa shape index (κ3) is 3.69. The van der Waals surface area contributed by atoms with Gasteiger partial charge in [0.2, 0.25) is 5.13 Å². The summed E-state index contributed by atoms with van der Waals surface area (Å²) in [5.74, 6) is 0.897. The molecule has 0 radical (unpaired) electrons. The second-order valence-corrected chi connectivity index (χ2v) is 3.93. The molecule has 0 aliphatic rings. The number of nitrogens with zero attached hydrogens (tertiary/aromatic N) is 3. The van der Waals surface area contributed by atoms with E-state index in [0.717, 1.165) is 30.5 Å². The van der Waals surface area contributed by atoms with E-state index in [4.69, 9.17) is 0 Å². The molecule has 1 N–H and O–H groups in total. The van der Waals surface area contributed by atoms with Crippen molar-refractivity contribution in [1.29, 1.82) is 0 Å². The molecule has 0 aromatic carbocycles. The van der Waals surface area contributed by atoms with Crippen LogP contribution in [0.15, 0.2) is 0 Å². The van der Waals surface area contributed by atoms with E-state index in [1.807, 2.05) is 14.1 Å². The Labute approximate surface area is 83.2 Å². The molecule has 0 atom stereocenters. The van der Waals surface area contributed by atoms with Crippen molar-refractivity contribution in [3.8, 4) is 0 Å². The van der Waals surface area contributed by atoms with Crippen LogP contribution in [0.2, 0.25) is 0 Å².